The van der Waals surface area contributed by atoms with Gasteiger partial charge in [0, 0.05) is 24.4 Å². The van der Waals surface area contributed by atoms with Crippen molar-refractivity contribution in [2.75, 3.05) is 11.4 Å². The number of nitrogens with zero attached hydrogens (tertiary/aromatic N) is 1. The van der Waals surface area contributed by atoms with E-state index in [0.717, 1.165) is 10.9 Å². The Morgan fingerprint density at radius 2 is 2.16 bits per heavy atom. The molecule has 2 aromatic rings. The van der Waals surface area contributed by atoms with Crippen LogP contribution in [0.3, 0.4) is 0 Å². The Hall–Kier alpha value is -2.28. The van der Waals surface area contributed by atoms with E-state index in [1.54, 1.807) is 0 Å². The highest BCUT2D eigenvalue weighted by molar-refractivity contribution is 7.10. The number of thiophene rings is 1. The van der Waals surface area contributed by atoms with Gasteiger partial charge < -0.3 is 10.2 Å². The Morgan fingerprint density at radius 3 is 2.84 bits per heavy atom. The largest absolute Gasteiger partial charge is 0.348 e. The summed E-state index contributed by atoms with van der Waals surface area (Å²) < 4.78 is 27.7. The van der Waals surface area contributed by atoms with E-state index >= 15 is 0 Å². The fourth-order valence-corrected chi connectivity index (χ4v) is 3.92. The molecule has 2 amide bonds. The molecular formula is C18H18F2N2O2S. The average molecular weight is 364 g/mol. The molecule has 0 aliphatic carbocycles. The van der Waals surface area contributed by atoms with E-state index in [9.17, 15) is 18.4 Å². The lowest BCUT2D eigenvalue weighted by Crippen LogP contribution is -2.39. The number of amides is 2. The molecule has 3 rings (SSSR count). The van der Waals surface area contributed by atoms with Crippen LogP contribution in [-0.2, 0) is 16.0 Å². The fourth-order valence-electron chi connectivity index (χ4n) is 3.14. The molecule has 1 unspecified atom stereocenters. The van der Waals surface area contributed by atoms with Crippen LogP contribution in [-0.4, -0.2) is 18.4 Å². The molecule has 0 spiro atoms. The zero-order valence-electron chi connectivity index (χ0n) is 13.7. The Balaban J connectivity index is 1.85. The van der Waals surface area contributed by atoms with Crippen molar-refractivity contribution in [3.8, 4) is 0 Å². The maximum absolute atomic E-state index is 14.3. The summed E-state index contributed by atoms with van der Waals surface area (Å²) in [5.41, 5.74) is 0.662. The maximum atomic E-state index is 14.3. The number of fused-ring (bicyclic) bond motifs is 1. The number of anilines is 1. The quantitative estimate of drug-likeness (QED) is 0.902. The van der Waals surface area contributed by atoms with Crippen LogP contribution in [0.5, 0.6) is 0 Å². The summed E-state index contributed by atoms with van der Waals surface area (Å²) in [6.45, 7) is 1.77. The van der Waals surface area contributed by atoms with Crippen LogP contribution in [0, 0.1) is 11.6 Å². The minimum Gasteiger partial charge on any atom is -0.348 e. The summed E-state index contributed by atoms with van der Waals surface area (Å²) in [6.07, 6.45) is 1.20. The third kappa shape index (κ3) is 3.87. The van der Waals surface area contributed by atoms with E-state index in [2.05, 4.69) is 5.32 Å². The van der Waals surface area contributed by atoms with Crippen molar-refractivity contribution in [1.82, 2.24) is 5.32 Å². The van der Waals surface area contributed by atoms with Crippen LogP contribution in [0.4, 0.5) is 14.5 Å². The minimum absolute atomic E-state index is 0.0242. The number of aryl methyl sites for hydroxylation is 1. The van der Waals surface area contributed by atoms with Gasteiger partial charge in [0.2, 0.25) is 11.8 Å². The minimum atomic E-state index is -0.727. The summed E-state index contributed by atoms with van der Waals surface area (Å²) in [6, 6.07) is 5.31. The summed E-state index contributed by atoms with van der Waals surface area (Å²) in [7, 11) is 0. The first-order valence-corrected chi connectivity index (χ1v) is 8.92. The van der Waals surface area contributed by atoms with Crippen LogP contribution < -0.4 is 10.2 Å². The van der Waals surface area contributed by atoms with Crippen molar-refractivity contribution in [3.05, 3.63) is 51.7 Å². The lowest BCUT2D eigenvalue weighted by Gasteiger charge is -2.31. The molecule has 0 saturated heterocycles. The van der Waals surface area contributed by atoms with Crippen molar-refractivity contribution in [2.24, 2.45) is 0 Å². The third-order valence-corrected chi connectivity index (χ3v) is 5.13. The van der Waals surface area contributed by atoms with Crippen molar-refractivity contribution in [3.63, 3.8) is 0 Å². The molecule has 1 aliphatic heterocycles. The summed E-state index contributed by atoms with van der Waals surface area (Å²) in [4.78, 5) is 26.5. The first-order chi connectivity index (χ1) is 12.0. The van der Waals surface area contributed by atoms with Gasteiger partial charge in [0.05, 0.1) is 18.2 Å². The number of nitrogens with one attached hydrogen (secondary N) is 1. The standard InChI is InChI=1S/C18H18F2N2O2S/c1-11(23)21-15(16-5-3-7-25-16)10-17(24)22-6-2-4-12-8-13(19)9-14(20)18(12)22/h3,5,7-9,15H,2,4,6,10H2,1H3,(H,21,23). The monoisotopic (exact) mass is 364 g/mol. The maximum Gasteiger partial charge on any atom is 0.229 e. The summed E-state index contributed by atoms with van der Waals surface area (Å²) in [5, 5.41) is 4.64. The third-order valence-electron chi connectivity index (χ3n) is 4.15. The fraction of sp³-hybridized carbons (Fsp3) is 0.333. The molecule has 0 saturated carbocycles. The van der Waals surface area contributed by atoms with Crippen molar-refractivity contribution in [2.45, 2.75) is 32.2 Å². The molecule has 1 aromatic carbocycles. The number of rotatable bonds is 4. The van der Waals surface area contributed by atoms with E-state index in [-0.39, 0.29) is 23.9 Å². The summed E-state index contributed by atoms with van der Waals surface area (Å²) in [5.74, 6) is -1.90. The molecule has 132 valence electrons. The van der Waals surface area contributed by atoms with Crippen molar-refractivity contribution < 1.29 is 18.4 Å². The molecular weight excluding hydrogens is 346 g/mol. The summed E-state index contributed by atoms with van der Waals surface area (Å²) >= 11 is 1.44. The normalized spacial score (nSPS) is 14.8. The lowest BCUT2D eigenvalue weighted by molar-refractivity contribution is -0.121. The van der Waals surface area contributed by atoms with Crippen molar-refractivity contribution in [1.29, 1.82) is 0 Å². The zero-order valence-corrected chi connectivity index (χ0v) is 14.5. The second kappa shape index (κ2) is 7.31. The highest BCUT2D eigenvalue weighted by Gasteiger charge is 2.29. The highest BCUT2D eigenvalue weighted by Crippen LogP contribution is 2.33. The SMILES string of the molecule is CC(=O)NC(CC(=O)N1CCCc2cc(F)cc(F)c21)c1cccs1. The Bertz CT molecular complexity index is 793. The van der Waals surface area contributed by atoms with Crippen LogP contribution in [0.2, 0.25) is 0 Å². The molecule has 0 fully saturated rings. The molecule has 1 N–H and O–H groups in total. The van der Waals surface area contributed by atoms with Gasteiger partial charge >= 0.3 is 0 Å². The molecule has 1 aliphatic rings. The topological polar surface area (TPSA) is 49.4 Å². The molecule has 7 heteroatoms. The Morgan fingerprint density at radius 1 is 1.36 bits per heavy atom. The Kier molecular flexibility index (Phi) is 5.13. The molecule has 0 bridgehead atoms. The van der Waals surface area contributed by atoms with Gasteiger partial charge in [-0.05, 0) is 35.9 Å². The molecule has 4 nitrogen and oxygen atoms in total. The first-order valence-electron chi connectivity index (χ1n) is 8.04. The van der Waals surface area contributed by atoms with Gasteiger partial charge in [-0.15, -0.1) is 11.3 Å². The van der Waals surface area contributed by atoms with Gasteiger partial charge in [-0.1, -0.05) is 6.07 Å². The number of carbonyl (C=O) groups excluding carboxylic acids is 2. The zero-order chi connectivity index (χ0) is 18.0. The van der Waals surface area contributed by atoms with E-state index in [1.165, 1.54) is 29.2 Å². The molecule has 0 radical (unpaired) electrons. The van der Waals surface area contributed by atoms with E-state index < -0.39 is 17.7 Å². The molecule has 1 aromatic heterocycles. The predicted octanol–water partition coefficient (Wildman–Crippen LogP) is 3.57. The molecule has 1 atom stereocenters. The van der Waals surface area contributed by atoms with Crippen molar-refractivity contribution >= 4 is 28.8 Å². The average Bonchev–Trinajstić information content (AvgIpc) is 3.07. The van der Waals surface area contributed by atoms with Gasteiger partial charge in [-0.2, -0.15) is 0 Å². The first kappa shape index (κ1) is 17.5. The molecule has 2 heterocycles. The van der Waals surface area contributed by atoms with E-state index in [4.69, 9.17) is 0 Å². The second-order valence-corrected chi connectivity index (χ2v) is 7.00. The molecule has 25 heavy (non-hydrogen) atoms. The number of hydrogen-bond donors (Lipinski definition) is 1. The lowest BCUT2D eigenvalue weighted by atomic mass is 10.00. The van der Waals surface area contributed by atoms with Crippen LogP contribution in [0.25, 0.3) is 0 Å². The van der Waals surface area contributed by atoms with Crippen LogP contribution in [0.1, 0.15) is 36.2 Å². The number of halogens is 2. The van der Waals surface area contributed by atoms with E-state index in [1.807, 2.05) is 17.5 Å². The smallest absolute Gasteiger partial charge is 0.229 e. The van der Waals surface area contributed by atoms with Crippen LogP contribution >= 0.6 is 11.3 Å². The van der Waals surface area contributed by atoms with Gasteiger partial charge in [0.25, 0.3) is 0 Å². The van der Waals surface area contributed by atoms with Crippen LogP contribution in [0.15, 0.2) is 29.6 Å². The van der Waals surface area contributed by atoms with Gasteiger partial charge in [0.1, 0.15) is 11.6 Å². The van der Waals surface area contributed by atoms with Gasteiger partial charge in [-0.3, -0.25) is 9.59 Å². The van der Waals surface area contributed by atoms with Gasteiger partial charge in [-0.25, -0.2) is 8.78 Å². The second-order valence-electron chi connectivity index (χ2n) is 6.02. The highest BCUT2D eigenvalue weighted by atomic mass is 32.1. The number of benzene rings is 1. The van der Waals surface area contributed by atoms with Gasteiger partial charge in [0.15, 0.2) is 0 Å². The number of hydrogen-bond acceptors (Lipinski definition) is 3. The predicted molar refractivity (Wildman–Crippen MR) is 92.5 cm³/mol. The number of carbonyl (C=O) groups is 2. The Labute approximate surface area is 148 Å². The van der Waals surface area contributed by atoms with E-state index in [0.29, 0.717) is 24.9 Å².